The number of aromatic nitrogens is 1. The quantitative estimate of drug-likeness (QED) is 0.913. The first kappa shape index (κ1) is 16.0. The second kappa shape index (κ2) is 7.57. The number of thiazole rings is 1. The summed E-state index contributed by atoms with van der Waals surface area (Å²) < 4.78 is 0. The molecule has 3 rings (SSSR count). The summed E-state index contributed by atoms with van der Waals surface area (Å²) in [6.07, 6.45) is 0. The molecule has 23 heavy (non-hydrogen) atoms. The number of carbonyl (C=O) groups is 1. The molecule has 6 heteroatoms. The van der Waals surface area contributed by atoms with E-state index in [1.807, 2.05) is 29.6 Å². The Morgan fingerprint density at radius 1 is 1.22 bits per heavy atom. The van der Waals surface area contributed by atoms with Gasteiger partial charge in [-0.3, -0.25) is 4.79 Å². The van der Waals surface area contributed by atoms with E-state index in [0.717, 1.165) is 38.4 Å². The summed E-state index contributed by atoms with van der Waals surface area (Å²) in [5.41, 5.74) is 4.55. The standard InChI is InChI=1S/C17H22N4OS/c1-2-20-7-9-21(10-8-20)16-5-3-14(4-6-16)17(22)18-11-15-12-23-13-19-15/h3-6,12-13H,2,7-11H2,1H3,(H,18,22). The maximum atomic E-state index is 12.2. The van der Waals surface area contributed by atoms with Crippen molar-refractivity contribution in [3.05, 3.63) is 46.4 Å². The van der Waals surface area contributed by atoms with Crippen molar-refractivity contribution in [3.8, 4) is 0 Å². The highest BCUT2D eigenvalue weighted by atomic mass is 32.1. The van der Waals surface area contributed by atoms with Gasteiger partial charge in [0.25, 0.3) is 5.91 Å². The van der Waals surface area contributed by atoms with Gasteiger partial charge in [-0.15, -0.1) is 11.3 Å². The number of nitrogens with one attached hydrogen (secondary N) is 1. The highest BCUT2D eigenvalue weighted by Gasteiger charge is 2.16. The van der Waals surface area contributed by atoms with Crippen molar-refractivity contribution in [1.82, 2.24) is 15.2 Å². The molecule has 0 unspecified atom stereocenters. The highest BCUT2D eigenvalue weighted by Crippen LogP contribution is 2.17. The number of anilines is 1. The Bertz CT molecular complexity index is 619. The Kier molecular flexibility index (Phi) is 5.25. The van der Waals surface area contributed by atoms with Crippen LogP contribution in [-0.2, 0) is 6.54 Å². The van der Waals surface area contributed by atoms with Gasteiger partial charge >= 0.3 is 0 Å². The third-order valence-corrected chi connectivity index (χ3v) is 4.86. The van der Waals surface area contributed by atoms with Gasteiger partial charge < -0.3 is 15.1 Å². The van der Waals surface area contributed by atoms with E-state index in [9.17, 15) is 4.79 Å². The maximum Gasteiger partial charge on any atom is 0.251 e. The molecule has 1 fully saturated rings. The van der Waals surface area contributed by atoms with Crippen LogP contribution in [0.4, 0.5) is 5.69 Å². The van der Waals surface area contributed by atoms with Crippen LogP contribution in [-0.4, -0.2) is 48.5 Å². The molecule has 0 atom stereocenters. The van der Waals surface area contributed by atoms with E-state index in [4.69, 9.17) is 0 Å². The number of likely N-dealkylation sites (N-methyl/N-ethyl adjacent to an activating group) is 1. The molecule has 2 heterocycles. The van der Waals surface area contributed by atoms with Crippen LogP contribution in [0.3, 0.4) is 0 Å². The third-order valence-electron chi connectivity index (χ3n) is 4.23. The number of amides is 1. The lowest BCUT2D eigenvalue weighted by atomic mass is 10.1. The molecule has 1 saturated heterocycles. The fourth-order valence-electron chi connectivity index (χ4n) is 2.74. The van der Waals surface area contributed by atoms with Crippen molar-refractivity contribution in [2.24, 2.45) is 0 Å². The van der Waals surface area contributed by atoms with Crippen LogP contribution in [0.25, 0.3) is 0 Å². The lowest BCUT2D eigenvalue weighted by Gasteiger charge is -2.35. The van der Waals surface area contributed by atoms with Crippen molar-refractivity contribution in [1.29, 1.82) is 0 Å². The monoisotopic (exact) mass is 330 g/mol. The second-order valence-electron chi connectivity index (χ2n) is 5.63. The van der Waals surface area contributed by atoms with Crippen molar-refractivity contribution in [3.63, 3.8) is 0 Å². The van der Waals surface area contributed by atoms with Crippen LogP contribution in [0.15, 0.2) is 35.2 Å². The molecule has 122 valence electrons. The molecule has 2 aromatic rings. The Morgan fingerprint density at radius 3 is 2.57 bits per heavy atom. The molecule has 0 radical (unpaired) electrons. The van der Waals surface area contributed by atoms with Crippen LogP contribution < -0.4 is 10.2 Å². The van der Waals surface area contributed by atoms with Crippen LogP contribution in [0.2, 0.25) is 0 Å². The lowest BCUT2D eigenvalue weighted by Crippen LogP contribution is -2.46. The minimum atomic E-state index is -0.0552. The molecular weight excluding hydrogens is 308 g/mol. The number of rotatable bonds is 5. The fourth-order valence-corrected chi connectivity index (χ4v) is 3.30. The summed E-state index contributed by atoms with van der Waals surface area (Å²) in [5.74, 6) is -0.0552. The minimum Gasteiger partial charge on any atom is -0.369 e. The smallest absolute Gasteiger partial charge is 0.251 e. The number of carbonyl (C=O) groups excluding carboxylic acids is 1. The zero-order valence-corrected chi connectivity index (χ0v) is 14.2. The first-order valence-electron chi connectivity index (χ1n) is 7.99. The van der Waals surface area contributed by atoms with E-state index in [1.165, 1.54) is 17.0 Å². The van der Waals surface area contributed by atoms with Crippen LogP contribution in [0, 0.1) is 0 Å². The van der Waals surface area contributed by atoms with E-state index in [-0.39, 0.29) is 5.91 Å². The van der Waals surface area contributed by atoms with E-state index in [0.29, 0.717) is 12.1 Å². The predicted molar refractivity (Wildman–Crippen MR) is 94.1 cm³/mol. The molecule has 1 aliphatic rings. The number of piperazine rings is 1. The SMILES string of the molecule is CCN1CCN(c2ccc(C(=O)NCc3cscn3)cc2)CC1. The second-order valence-corrected chi connectivity index (χ2v) is 6.35. The topological polar surface area (TPSA) is 48.5 Å². The zero-order valence-electron chi connectivity index (χ0n) is 13.4. The molecule has 1 aromatic heterocycles. The van der Waals surface area contributed by atoms with Gasteiger partial charge in [0.2, 0.25) is 0 Å². The van der Waals surface area contributed by atoms with E-state index in [1.54, 1.807) is 5.51 Å². The number of benzene rings is 1. The summed E-state index contributed by atoms with van der Waals surface area (Å²) in [6.45, 7) is 8.09. The molecule has 0 bridgehead atoms. The van der Waals surface area contributed by atoms with Gasteiger partial charge in [0.15, 0.2) is 0 Å². The molecule has 1 N–H and O–H groups in total. The number of nitrogens with zero attached hydrogens (tertiary/aromatic N) is 3. The van der Waals surface area contributed by atoms with E-state index in [2.05, 4.69) is 27.0 Å². The predicted octanol–water partition coefficient (Wildman–Crippen LogP) is 2.21. The highest BCUT2D eigenvalue weighted by molar-refractivity contribution is 7.07. The van der Waals surface area contributed by atoms with Crippen molar-refractivity contribution in [2.45, 2.75) is 13.5 Å². The first-order valence-corrected chi connectivity index (χ1v) is 8.93. The summed E-state index contributed by atoms with van der Waals surface area (Å²) in [7, 11) is 0. The summed E-state index contributed by atoms with van der Waals surface area (Å²) in [6, 6.07) is 7.88. The summed E-state index contributed by atoms with van der Waals surface area (Å²) in [5, 5.41) is 4.84. The molecule has 0 spiro atoms. The molecule has 1 aromatic carbocycles. The third kappa shape index (κ3) is 4.09. The fraction of sp³-hybridized carbons (Fsp3) is 0.412. The van der Waals surface area contributed by atoms with Crippen LogP contribution >= 0.6 is 11.3 Å². The summed E-state index contributed by atoms with van der Waals surface area (Å²) >= 11 is 1.54. The Balaban J connectivity index is 1.55. The van der Waals surface area contributed by atoms with Gasteiger partial charge in [-0.05, 0) is 30.8 Å². The van der Waals surface area contributed by atoms with Crippen molar-refractivity contribution >= 4 is 22.9 Å². The molecule has 1 amide bonds. The van der Waals surface area contributed by atoms with Crippen molar-refractivity contribution < 1.29 is 4.79 Å². The average molecular weight is 330 g/mol. The number of hydrogen-bond acceptors (Lipinski definition) is 5. The minimum absolute atomic E-state index is 0.0552. The molecule has 0 aliphatic carbocycles. The van der Waals surface area contributed by atoms with E-state index >= 15 is 0 Å². The number of hydrogen-bond donors (Lipinski definition) is 1. The van der Waals surface area contributed by atoms with Gasteiger partial charge in [-0.2, -0.15) is 0 Å². The van der Waals surface area contributed by atoms with Gasteiger partial charge in [0.05, 0.1) is 17.7 Å². The average Bonchev–Trinajstić information content (AvgIpc) is 3.13. The Labute approximate surface area is 140 Å². The van der Waals surface area contributed by atoms with Gasteiger partial charge in [-0.1, -0.05) is 6.92 Å². The molecule has 5 nitrogen and oxygen atoms in total. The van der Waals surface area contributed by atoms with Gasteiger partial charge in [0, 0.05) is 42.8 Å². The normalized spacial score (nSPS) is 15.6. The van der Waals surface area contributed by atoms with Crippen molar-refractivity contribution in [2.75, 3.05) is 37.6 Å². The lowest BCUT2D eigenvalue weighted by molar-refractivity contribution is 0.0950. The Hall–Kier alpha value is -1.92. The van der Waals surface area contributed by atoms with Gasteiger partial charge in [0.1, 0.15) is 0 Å². The largest absolute Gasteiger partial charge is 0.369 e. The van der Waals surface area contributed by atoms with Crippen LogP contribution in [0.5, 0.6) is 0 Å². The first-order chi connectivity index (χ1) is 11.3. The molecule has 1 aliphatic heterocycles. The molecular formula is C17H22N4OS. The van der Waals surface area contributed by atoms with Crippen LogP contribution in [0.1, 0.15) is 23.0 Å². The molecule has 0 saturated carbocycles. The Morgan fingerprint density at radius 2 is 1.96 bits per heavy atom. The van der Waals surface area contributed by atoms with E-state index < -0.39 is 0 Å². The van der Waals surface area contributed by atoms with Gasteiger partial charge in [-0.25, -0.2) is 4.98 Å². The maximum absolute atomic E-state index is 12.2. The summed E-state index contributed by atoms with van der Waals surface area (Å²) in [4.78, 5) is 21.2. The zero-order chi connectivity index (χ0) is 16.1.